The highest BCUT2D eigenvalue weighted by molar-refractivity contribution is 5.69. The van der Waals surface area contributed by atoms with Crippen LogP contribution in [0.25, 0.3) is 0 Å². The summed E-state index contributed by atoms with van der Waals surface area (Å²) in [7, 11) is 4.15. The van der Waals surface area contributed by atoms with Crippen molar-refractivity contribution in [2.75, 3.05) is 46.8 Å². The van der Waals surface area contributed by atoms with Crippen LogP contribution >= 0.6 is 0 Å². The number of nitrogens with zero attached hydrogens (tertiary/aromatic N) is 2. The molecule has 1 fully saturated rings. The van der Waals surface area contributed by atoms with Crippen molar-refractivity contribution in [3.05, 3.63) is 0 Å². The number of nitrogens with one attached hydrogen (secondary N) is 1. The molecule has 0 bridgehead atoms. The maximum absolute atomic E-state index is 10.5. The van der Waals surface area contributed by atoms with Gasteiger partial charge in [0, 0.05) is 25.7 Å². The number of aliphatic carboxylic acids is 1. The Morgan fingerprint density at radius 3 is 2.94 bits per heavy atom. The Morgan fingerprint density at radius 2 is 2.31 bits per heavy atom. The molecule has 0 saturated carbocycles. The van der Waals surface area contributed by atoms with Crippen molar-refractivity contribution in [3.63, 3.8) is 0 Å². The van der Waals surface area contributed by atoms with Gasteiger partial charge < -0.3 is 20.2 Å². The fourth-order valence-electron chi connectivity index (χ4n) is 2.00. The van der Waals surface area contributed by atoms with E-state index in [0.29, 0.717) is 6.04 Å². The summed E-state index contributed by atoms with van der Waals surface area (Å²) in [6.45, 7) is 4.32. The van der Waals surface area contributed by atoms with E-state index in [1.165, 1.54) is 0 Å². The lowest BCUT2D eigenvalue weighted by atomic mass is 10.1. The van der Waals surface area contributed by atoms with E-state index in [2.05, 4.69) is 29.2 Å². The van der Waals surface area contributed by atoms with Gasteiger partial charge in [-0.3, -0.25) is 4.79 Å². The molecule has 1 rings (SSSR count). The molecule has 0 radical (unpaired) electrons. The number of likely N-dealkylation sites (N-methyl/N-ethyl adjacent to an activating group) is 1. The lowest BCUT2D eigenvalue weighted by molar-refractivity contribution is -0.136. The van der Waals surface area contributed by atoms with Gasteiger partial charge in [-0.25, -0.2) is 0 Å². The molecule has 5 nitrogen and oxygen atoms in total. The number of carbonyl (C=O) groups is 1. The smallest absolute Gasteiger partial charge is 0.317 e. The second-order valence-corrected chi connectivity index (χ2v) is 4.72. The molecule has 1 unspecified atom stereocenters. The Morgan fingerprint density at radius 1 is 1.56 bits per heavy atom. The minimum Gasteiger partial charge on any atom is -0.480 e. The molecule has 16 heavy (non-hydrogen) atoms. The highest BCUT2D eigenvalue weighted by atomic mass is 16.4. The van der Waals surface area contributed by atoms with Gasteiger partial charge in [0.05, 0.1) is 6.54 Å². The Hall–Kier alpha value is -0.650. The SMILES string of the molecule is CN(C)CCN1CCCC(NCC(=O)O)C1. The molecule has 0 aromatic rings. The number of likely N-dealkylation sites (tertiary alicyclic amines) is 1. The summed E-state index contributed by atoms with van der Waals surface area (Å²) in [5, 5.41) is 11.7. The first-order valence-electron chi connectivity index (χ1n) is 5.90. The molecule has 5 heteroatoms. The van der Waals surface area contributed by atoms with Gasteiger partial charge in [0.15, 0.2) is 0 Å². The number of hydrogen-bond acceptors (Lipinski definition) is 4. The van der Waals surface area contributed by atoms with Crippen LogP contribution in [-0.4, -0.2) is 73.7 Å². The maximum Gasteiger partial charge on any atom is 0.317 e. The number of carboxylic acids is 1. The standard InChI is InChI=1S/C11H23N3O2/c1-13(2)6-7-14-5-3-4-10(9-14)12-8-11(15)16/h10,12H,3-9H2,1-2H3,(H,15,16). The highest BCUT2D eigenvalue weighted by Crippen LogP contribution is 2.09. The van der Waals surface area contributed by atoms with E-state index >= 15 is 0 Å². The zero-order valence-electron chi connectivity index (χ0n) is 10.3. The minimum atomic E-state index is -0.773. The summed E-state index contributed by atoms with van der Waals surface area (Å²) in [5.41, 5.74) is 0. The molecule has 1 aliphatic heterocycles. The predicted molar refractivity (Wildman–Crippen MR) is 63.7 cm³/mol. The van der Waals surface area contributed by atoms with E-state index in [1.807, 2.05) is 0 Å². The fraction of sp³-hybridized carbons (Fsp3) is 0.909. The van der Waals surface area contributed by atoms with Crippen LogP contribution in [0, 0.1) is 0 Å². The van der Waals surface area contributed by atoms with E-state index in [1.54, 1.807) is 0 Å². The van der Waals surface area contributed by atoms with Crippen LogP contribution in [0.2, 0.25) is 0 Å². The molecule has 0 spiro atoms. The van der Waals surface area contributed by atoms with Gasteiger partial charge in [-0.2, -0.15) is 0 Å². The van der Waals surface area contributed by atoms with Gasteiger partial charge in [0.1, 0.15) is 0 Å². The van der Waals surface area contributed by atoms with Crippen LogP contribution < -0.4 is 5.32 Å². The van der Waals surface area contributed by atoms with Crippen LogP contribution in [-0.2, 0) is 4.79 Å². The molecule has 1 atom stereocenters. The predicted octanol–water partition coefficient (Wildman–Crippen LogP) is -0.313. The van der Waals surface area contributed by atoms with Crippen molar-refractivity contribution in [2.24, 2.45) is 0 Å². The molecule has 1 saturated heterocycles. The second-order valence-electron chi connectivity index (χ2n) is 4.72. The zero-order valence-corrected chi connectivity index (χ0v) is 10.3. The summed E-state index contributed by atoms with van der Waals surface area (Å²) >= 11 is 0. The van der Waals surface area contributed by atoms with Crippen LogP contribution in [0.5, 0.6) is 0 Å². The Labute approximate surface area is 97.4 Å². The monoisotopic (exact) mass is 229 g/mol. The number of carboxylic acid groups (broad SMARTS) is 1. The van der Waals surface area contributed by atoms with Gasteiger partial charge in [-0.15, -0.1) is 0 Å². The van der Waals surface area contributed by atoms with E-state index in [0.717, 1.165) is 39.0 Å². The summed E-state index contributed by atoms with van der Waals surface area (Å²) in [6, 6.07) is 0.340. The van der Waals surface area contributed by atoms with Crippen molar-refractivity contribution in [1.29, 1.82) is 0 Å². The van der Waals surface area contributed by atoms with Crippen molar-refractivity contribution < 1.29 is 9.90 Å². The first kappa shape index (κ1) is 13.4. The molecule has 0 aromatic heterocycles. The molecule has 0 aromatic carbocycles. The summed E-state index contributed by atoms with van der Waals surface area (Å²) in [6.07, 6.45) is 2.25. The minimum absolute atomic E-state index is 0.0756. The van der Waals surface area contributed by atoms with E-state index < -0.39 is 5.97 Å². The summed E-state index contributed by atoms with van der Waals surface area (Å²) in [4.78, 5) is 15.0. The van der Waals surface area contributed by atoms with Gasteiger partial charge in [0.2, 0.25) is 0 Å². The topological polar surface area (TPSA) is 55.8 Å². The maximum atomic E-state index is 10.5. The van der Waals surface area contributed by atoms with Crippen LogP contribution in [0.4, 0.5) is 0 Å². The summed E-state index contributed by atoms with van der Waals surface area (Å²) < 4.78 is 0. The first-order chi connectivity index (χ1) is 7.58. The third-order valence-electron chi connectivity index (χ3n) is 2.91. The fourth-order valence-corrected chi connectivity index (χ4v) is 2.00. The Balaban J connectivity index is 2.21. The second kappa shape index (κ2) is 6.83. The van der Waals surface area contributed by atoms with Gasteiger partial charge in [-0.1, -0.05) is 0 Å². The van der Waals surface area contributed by atoms with Crippen molar-refractivity contribution in [2.45, 2.75) is 18.9 Å². The van der Waals surface area contributed by atoms with Crippen molar-refractivity contribution in [1.82, 2.24) is 15.1 Å². The summed E-state index contributed by atoms with van der Waals surface area (Å²) in [5.74, 6) is -0.773. The molecule has 94 valence electrons. The molecule has 1 aliphatic rings. The van der Waals surface area contributed by atoms with Crippen molar-refractivity contribution >= 4 is 5.97 Å². The Kier molecular flexibility index (Phi) is 5.73. The van der Waals surface area contributed by atoms with Crippen LogP contribution in [0.15, 0.2) is 0 Å². The number of hydrogen-bond donors (Lipinski definition) is 2. The molecule has 1 heterocycles. The van der Waals surface area contributed by atoms with Gasteiger partial charge in [-0.05, 0) is 33.5 Å². The molecule has 0 aliphatic carbocycles. The molecular weight excluding hydrogens is 206 g/mol. The van der Waals surface area contributed by atoms with E-state index in [9.17, 15) is 4.79 Å². The van der Waals surface area contributed by atoms with E-state index in [-0.39, 0.29) is 6.54 Å². The van der Waals surface area contributed by atoms with Crippen LogP contribution in [0.1, 0.15) is 12.8 Å². The van der Waals surface area contributed by atoms with Crippen molar-refractivity contribution in [3.8, 4) is 0 Å². The highest BCUT2D eigenvalue weighted by Gasteiger charge is 2.19. The number of rotatable bonds is 6. The normalized spacial score (nSPS) is 22.6. The average molecular weight is 229 g/mol. The quantitative estimate of drug-likeness (QED) is 0.654. The van der Waals surface area contributed by atoms with Gasteiger partial charge in [0.25, 0.3) is 0 Å². The van der Waals surface area contributed by atoms with E-state index in [4.69, 9.17) is 5.11 Å². The van der Waals surface area contributed by atoms with Crippen LogP contribution in [0.3, 0.4) is 0 Å². The molecular formula is C11H23N3O2. The zero-order chi connectivity index (χ0) is 12.0. The van der Waals surface area contributed by atoms with Gasteiger partial charge >= 0.3 is 5.97 Å². The largest absolute Gasteiger partial charge is 0.480 e. The lowest BCUT2D eigenvalue weighted by Gasteiger charge is -2.33. The first-order valence-corrected chi connectivity index (χ1v) is 5.90. The Bertz CT molecular complexity index is 221. The number of piperidine rings is 1. The molecule has 0 amide bonds. The average Bonchev–Trinajstić information content (AvgIpc) is 2.24. The molecule has 2 N–H and O–H groups in total. The lowest BCUT2D eigenvalue weighted by Crippen LogP contribution is -2.48. The third-order valence-corrected chi connectivity index (χ3v) is 2.91. The third kappa shape index (κ3) is 5.44.